The van der Waals surface area contributed by atoms with Crippen molar-refractivity contribution in [3.8, 4) is 0 Å². The molecule has 200 valence electrons. The van der Waals surface area contributed by atoms with Gasteiger partial charge in [-0.3, -0.25) is 24.8 Å². The molecule has 2 aromatic heterocycles. The molecule has 0 fully saturated rings. The number of pyridine rings is 1. The van der Waals surface area contributed by atoms with E-state index in [0.29, 0.717) is 35.2 Å². The van der Waals surface area contributed by atoms with Crippen molar-refractivity contribution in [3.63, 3.8) is 0 Å². The number of benzene rings is 2. The number of nitrogen functional groups attached to an aromatic ring is 1. The molecule has 0 atom stereocenters. The number of ether oxygens (including phenoxy) is 1. The summed E-state index contributed by atoms with van der Waals surface area (Å²) in [5.74, 6) is -0.651. The SMILES string of the molecule is CCOC(=O)CCN(C(=O)c1cccnc1)c1ccc2c(C(=O)CCc3ccc(C(=N)N)cc3)cn(C)c2c1. The Morgan fingerprint density at radius 2 is 1.82 bits per heavy atom. The Kier molecular flexibility index (Phi) is 8.50. The van der Waals surface area contributed by atoms with Crippen LogP contribution in [-0.2, 0) is 23.0 Å². The Labute approximate surface area is 226 Å². The largest absolute Gasteiger partial charge is 0.466 e. The number of anilines is 1. The summed E-state index contributed by atoms with van der Waals surface area (Å²) < 4.78 is 6.92. The van der Waals surface area contributed by atoms with Gasteiger partial charge in [0.25, 0.3) is 5.91 Å². The van der Waals surface area contributed by atoms with E-state index in [2.05, 4.69) is 4.98 Å². The van der Waals surface area contributed by atoms with Crippen LogP contribution in [0.2, 0.25) is 0 Å². The van der Waals surface area contributed by atoms with Crippen molar-refractivity contribution in [2.75, 3.05) is 18.1 Å². The highest BCUT2D eigenvalue weighted by atomic mass is 16.5. The molecule has 0 aliphatic rings. The van der Waals surface area contributed by atoms with Gasteiger partial charge in [-0.25, -0.2) is 0 Å². The van der Waals surface area contributed by atoms with Crippen molar-refractivity contribution < 1.29 is 19.1 Å². The molecule has 9 heteroatoms. The molecular formula is C30H31N5O4. The zero-order valence-corrected chi connectivity index (χ0v) is 22.0. The number of aryl methyl sites for hydroxylation is 2. The molecule has 0 saturated carbocycles. The number of carbonyl (C=O) groups is 3. The summed E-state index contributed by atoms with van der Waals surface area (Å²) in [6, 6.07) is 16.2. The fourth-order valence-electron chi connectivity index (χ4n) is 4.44. The van der Waals surface area contributed by atoms with Gasteiger partial charge in [-0.15, -0.1) is 0 Å². The van der Waals surface area contributed by atoms with E-state index in [1.54, 1.807) is 43.5 Å². The second-order valence-corrected chi connectivity index (χ2v) is 9.14. The lowest BCUT2D eigenvalue weighted by molar-refractivity contribution is -0.142. The number of nitrogens with zero attached hydrogens (tertiary/aromatic N) is 3. The van der Waals surface area contributed by atoms with Gasteiger partial charge in [0.15, 0.2) is 5.78 Å². The molecule has 0 bridgehead atoms. The number of aromatic nitrogens is 2. The number of hydrogen-bond donors (Lipinski definition) is 2. The van der Waals surface area contributed by atoms with E-state index in [9.17, 15) is 14.4 Å². The molecular weight excluding hydrogens is 494 g/mol. The first-order chi connectivity index (χ1) is 18.8. The number of ketones is 1. The van der Waals surface area contributed by atoms with Gasteiger partial charge in [0.2, 0.25) is 0 Å². The van der Waals surface area contributed by atoms with Crippen molar-refractivity contribution in [1.29, 1.82) is 5.41 Å². The molecule has 1 amide bonds. The average molecular weight is 526 g/mol. The fraction of sp³-hybridized carbons (Fsp3) is 0.233. The van der Waals surface area contributed by atoms with Crippen LogP contribution < -0.4 is 10.6 Å². The van der Waals surface area contributed by atoms with Crippen molar-refractivity contribution >= 4 is 40.1 Å². The molecule has 0 radical (unpaired) electrons. The Morgan fingerprint density at radius 1 is 1.05 bits per heavy atom. The Balaban J connectivity index is 1.58. The first kappa shape index (κ1) is 27.3. The van der Waals surface area contributed by atoms with E-state index in [1.165, 1.54) is 11.1 Å². The predicted octanol–water partition coefficient (Wildman–Crippen LogP) is 4.27. The van der Waals surface area contributed by atoms with Gasteiger partial charge in [-0.05, 0) is 43.2 Å². The minimum Gasteiger partial charge on any atom is -0.466 e. The van der Waals surface area contributed by atoms with Crippen LogP contribution in [0.4, 0.5) is 5.69 Å². The van der Waals surface area contributed by atoms with Gasteiger partial charge >= 0.3 is 5.97 Å². The molecule has 2 heterocycles. The first-order valence-corrected chi connectivity index (χ1v) is 12.7. The van der Waals surface area contributed by atoms with Gasteiger partial charge in [0.1, 0.15) is 5.84 Å². The number of nitrogens with one attached hydrogen (secondary N) is 1. The lowest BCUT2D eigenvalue weighted by atomic mass is 10.0. The van der Waals surface area contributed by atoms with E-state index in [1.807, 2.05) is 42.1 Å². The highest BCUT2D eigenvalue weighted by Crippen LogP contribution is 2.28. The normalized spacial score (nSPS) is 10.8. The van der Waals surface area contributed by atoms with E-state index in [4.69, 9.17) is 15.9 Å². The second kappa shape index (κ2) is 12.2. The molecule has 0 saturated heterocycles. The van der Waals surface area contributed by atoms with Crippen molar-refractivity contribution in [3.05, 3.63) is 95.4 Å². The number of nitrogens with two attached hydrogens (primary N) is 1. The molecule has 0 aliphatic heterocycles. The van der Waals surface area contributed by atoms with Gasteiger partial charge in [-0.1, -0.05) is 30.3 Å². The molecule has 4 aromatic rings. The van der Waals surface area contributed by atoms with E-state index in [-0.39, 0.29) is 43.1 Å². The lowest BCUT2D eigenvalue weighted by Gasteiger charge is -2.23. The first-order valence-electron chi connectivity index (χ1n) is 12.7. The number of Topliss-reactive ketones (excluding diaryl/α,β-unsaturated/α-hetero) is 1. The average Bonchev–Trinajstić information content (AvgIpc) is 3.28. The predicted molar refractivity (Wildman–Crippen MR) is 150 cm³/mol. The molecule has 4 rings (SSSR count). The number of carbonyl (C=O) groups excluding carboxylic acids is 3. The molecule has 39 heavy (non-hydrogen) atoms. The number of amidine groups is 1. The van der Waals surface area contributed by atoms with Crippen LogP contribution in [0.15, 0.2) is 73.2 Å². The van der Waals surface area contributed by atoms with Crippen LogP contribution in [0.25, 0.3) is 10.9 Å². The van der Waals surface area contributed by atoms with Gasteiger partial charge in [0.05, 0.1) is 24.1 Å². The van der Waals surface area contributed by atoms with Gasteiger partial charge in [0, 0.05) is 60.8 Å². The third kappa shape index (κ3) is 6.38. The number of rotatable bonds is 11. The topological polar surface area (TPSA) is 131 Å². The van der Waals surface area contributed by atoms with E-state index in [0.717, 1.165) is 16.5 Å². The van der Waals surface area contributed by atoms with E-state index >= 15 is 0 Å². The summed E-state index contributed by atoms with van der Waals surface area (Å²) in [4.78, 5) is 44.2. The van der Waals surface area contributed by atoms with Gasteiger partial charge in [-0.2, -0.15) is 0 Å². The fourth-order valence-corrected chi connectivity index (χ4v) is 4.44. The lowest BCUT2D eigenvalue weighted by Crippen LogP contribution is -2.33. The summed E-state index contributed by atoms with van der Waals surface area (Å²) in [7, 11) is 1.86. The van der Waals surface area contributed by atoms with Crippen molar-refractivity contribution in [2.24, 2.45) is 12.8 Å². The summed E-state index contributed by atoms with van der Waals surface area (Å²) in [5, 5.41) is 8.30. The molecule has 0 aliphatic carbocycles. The summed E-state index contributed by atoms with van der Waals surface area (Å²) in [5.41, 5.74) is 9.56. The summed E-state index contributed by atoms with van der Waals surface area (Å²) >= 11 is 0. The molecule has 2 aromatic carbocycles. The number of hydrogen-bond acceptors (Lipinski definition) is 6. The molecule has 9 nitrogen and oxygen atoms in total. The minimum absolute atomic E-state index is 0.00865. The maximum Gasteiger partial charge on any atom is 0.307 e. The van der Waals surface area contributed by atoms with Crippen LogP contribution in [0.1, 0.15) is 51.6 Å². The van der Waals surface area contributed by atoms with E-state index < -0.39 is 0 Å². The number of esters is 1. The summed E-state index contributed by atoms with van der Waals surface area (Å²) in [6.45, 7) is 2.14. The summed E-state index contributed by atoms with van der Waals surface area (Å²) in [6.07, 6.45) is 5.82. The maximum absolute atomic E-state index is 13.4. The zero-order chi connectivity index (χ0) is 27.9. The Bertz CT molecular complexity index is 1510. The molecule has 3 N–H and O–H groups in total. The third-order valence-corrected chi connectivity index (χ3v) is 6.49. The standard InChI is InChI=1S/C30H31N5O4/c1-3-39-28(37)14-16-35(30(38)22-5-4-15-33-18-22)23-11-12-24-25(19-34(2)26(24)17-23)27(36)13-8-20-6-9-21(10-7-20)29(31)32/h4-7,9-12,15,17-19H,3,8,13-14,16H2,1-2H3,(H3,31,32). The highest BCUT2D eigenvalue weighted by molar-refractivity contribution is 6.10. The van der Waals surface area contributed by atoms with Crippen LogP contribution in [0.3, 0.4) is 0 Å². The maximum atomic E-state index is 13.4. The molecule has 0 unspecified atom stereocenters. The zero-order valence-electron chi connectivity index (χ0n) is 22.0. The van der Waals surface area contributed by atoms with Crippen LogP contribution in [0, 0.1) is 5.41 Å². The number of amides is 1. The smallest absolute Gasteiger partial charge is 0.307 e. The number of fused-ring (bicyclic) bond motifs is 1. The second-order valence-electron chi connectivity index (χ2n) is 9.14. The quantitative estimate of drug-likeness (QED) is 0.130. The third-order valence-electron chi connectivity index (χ3n) is 6.49. The van der Waals surface area contributed by atoms with Crippen LogP contribution >= 0.6 is 0 Å². The Hall–Kier alpha value is -4.79. The van der Waals surface area contributed by atoms with Gasteiger partial charge < -0.3 is 19.9 Å². The Morgan fingerprint density at radius 3 is 2.49 bits per heavy atom. The van der Waals surface area contributed by atoms with Crippen molar-refractivity contribution in [2.45, 2.75) is 26.2 Å². The molecule has 0 spiro atoms. The van der Waals surface area contributed by atoms with Crippen molar-refractivity contribution in [1.82, 2.24) is 9.55 Å². The monoisotopic (exact) mass is 525 g/mol. The minimum atomic E-state index is -0.384. The van der Waals surface area contributed by atoms with Crippen LogP contribution in [0.5, 0.6) is 0 Å². The van der Waals surface area contributed by atoms with Crippen LogP contribution in [-0.4, -0.2) is 46.2 Å². The highest BCUT2D eigenvalue weighted by Gasteiger charge is 2.22.